The maximum atomic E-state index is 5.71. The molecule has 0 aliphatic carbocycles. The quantitative estimate of drug-likeness (QED) is 0.773. The van der Waals surface area contributed by atoms with E-state index in [1.807, 2.05) is 18.2 Å². The SMILES string of the molecule is Nc1nc2ccc(-c3nc(C4COCCO4)no3)cc2s1. The molecule has 2 N–H and O–H groups in total. The second kappa shape index (κ2) is 5.06. The van der Waals surface area contributed by atoms with E-state index in [0.717, 1.165) is 15.8 Å². The molecule has 21 heavy (non-hydrogen) atoms. The molecular formula is C13H12N4O3S. The molecule has 2 aromatic heterocycles. The number of hydrogen-bond donors (Lipinski definition) is 1. The number of benzene rings is 1. The van der Waals surface area contributed by atoms with E-state index in [-0.39, 0.29) is 6.10 Å². The highest BCUT2D eigenvalue weighted by Crippen LogP contribution is 2.29. The van der Waals surface area contributed by atoms with Crippen LogP contribution in [0.5, 0.6) is 0 Å². The van der Waals surface area contributed by atoms with Gasteiger partial charge < -0.3 is 19.7 Å². The monoisotopic (exact) mass is 304 g/mol. The Morgan fingerprint density at radius 1 is 1.24 bits per heavy atom. The van der Waals surface area contributed by atoms with Gasteiger partial charge in [-0.15, -0.1) is 0 Å². The Morgan fingerprint density at radius 2 is 2.19 bits per heavy atom. The zero-order chi connectivity index (χ0) is 14.2. The summed E-state index contributed by atoms with van der Waals surface area (Å²) in [5.74, 6) is 0.960. The van der Waals surface area contributed by atoms with Crippen LogP contribution in [0.15, 0.2) is 22.7 Å². The van der Waals surface area contributed by atoms with E-state index in [0.29, 0.717) is 36.7 Å². The summed E-state index contributed by atoms with van der Waals surface area (Å²) in [6.45, 7) is 1.59. The Hall–Kier alpha value is -2.03. The second-order valence-corrected chi connectivity index (χ2v) is 5.69. The molecule has 0 amide bonds. The van der Waals surface area contributed by atoms with Gasteiger partial charge in [0.2, 0.25) is 5.82 Å². The Labute approximate surface area is 123 Å². The molecule has 108 valence electrons. The first-order chi connectivity index (χ1) is 10.3. The van der Waals surface area contributed by atoms with Gasteiger partial charge in [0.25, 0.3) is 5.89 Å². The third-order valence-corrected chi connectivity index (χ3v) is 4.04. The molecule has 1 aliphatic heterocycles. The average molecular weight is 304 g/mol. The van der Waals surface area contributed by atoms with Crippen LogP contribution in [0, 0.1) is 0 Å². The van der Waals surface area contributed by atoms with E-state index in [1.165, 1.54) is 11.3 Å². The van der Waals surface area contributed by atoms with Crippen LogP contribution in [0.3, 0.4) is 0 Å². The molecule has 1 atom stereocenters. The number of nitrogens with zero attached hydrogens (tertiary/aromatic N) is 3. The molecule has 0 spiro atoms. The van der Waals surface area contributed by atoms with Crippen LogP contribution >= 0.6 is 11.3 Å². The lowest BCUT2D eigenvalue weighted by atomic mass is 10.2. The van der Waals surface area contributed by atoms with E-state index >= 15 is 0 Å². The molecule has 1 fully saturated rings. The zero-order valence-electron chi connectivity index (χ0n) is 11.0. The van der Waals surface area contributed by atoms with Gasteiger partial charge in [-0.1, -0.05) is 16.5 Å². The summed E-state index contributed by atoms with van der Waals surface area (Å²) >= 11 is 1.43. The van der Waals surface area contributed by atoms with Crippen LogP contribution in [-0.2, 0) is 9.47 Å². The van der Waals surface area contributed by atoms with E-state index in [9.17, 15) is 0 Å². The fourth-order valence-electron chi connectivity index (χ4n) is 2.20. The van der Waals surface area contributed by atoms with Gasteiger partial charge in [-0.2, -0.15) is 4.98 Å². The molecule has 7 nitrogen and oxygen atoms in total. The van der Waals surface area contributed by atoms with Crippen molar-refractivity contribution in [3.8, 4) is 11.5 Å². The highest BCUT2D eigenvalue weighted by molar-refractivity contribution is 7.22. The normalized spacial score (nSPS) is 19.1. The number of fused-ring (bicyclic) bond motifs is 1. The van der Waals surface area contributed by atoms with Gasteiger partial charge in [-0.05, 0) is 18.2 Å². The minimum absolute atomic E-state index is 0.265. The summed E-state index contributed by atoms with van der Waals surface area (Å²) in [5.41, 5.74) is 7.41. The van der Waals surface area contributed by atoms with Crippen LogP contribution in [0.2, 0.25) is 0 Å². The fourth-order valence-corrected chi connectivity index (χ4v) is 2.97. The molecule has 1 unspecified atom stereocenters. The van der Waals surface area contributed by atoms with Crippen LogP contribution < -0.4 is 5.73 Å². The average Bonchev–Trinajstić information content (AvgIpc) is 3.12. The molecule has 3 heterocycles. The van der Waals surface area contributed by atoms with Crippen molar-refractivity contribution in [2.75, 3.05) is 25.6 Å². The minimum Gasteiger partial charge on any atom is -0.376 e. The van der Waals surface area contributed by atoms with Crippen molar-refractivity contribution < 1.29 is 14.0 Å². The number of nitrogens with two attached hydrogens (primary N) is 1. The maximum absolute atomic E-state index is 5.71. The Kier molecular flexibility index (Phi) is 3.06. The van der Waals surface area contributed by atoms with E-state index in [4.69, 9.17) is 19.7 Å². The van der Waals surface area contributed by atoms with Crippen molar-refractivity contribution in [2.45, 2.75) is 6.10 Å². The fraction of sp³-hybridized carbons (Fsp3) is 0.308. The summed E-state index contributed by atoms with van der Waals surface area (Å²) < 4.78 is 17.2. The highest BCUT2D eigenvalue weighted by atomic mass is 32.1. The lowest BCUT2D eigenvalue weighted by Gasteiger charge is -2.19. The van der Waals surface area contributed by atoms with Crippen LogP contribution in [0.4, 0.5) is 5.13 Å². The standard InChI is InChI=1S/C13H12N4O3S/c14-13-15-8-2-1-7(5-10(8)21-13)12-16-11(17-20-12)9-6-18-3-4-19-9/h1-2,5,9H,3-4,6H2,(H2,14,15). The minimum atomic E-state index is -0.265. The first-order valence-corrected chi connectivity index (χ1v) is 7.30. The molecule has 4 rings (SSSR count). The molecular weight excluding hydrogens is 292 g/mol. The number of hydrogen-bond acceptors (Lipinski definition) is 8. The molecule has 8 heteroatoms. The van der Waals surface area contributed by atoms with Gasteiger partial charge in [0.1, 0.15) is 6.10 Å². The number of aromatic nitrogens is 3. The Morgan fingerprint density at radius 3 is 3.05 bits per heavy atom. The third kappa shape index (κ3) is 2.37. The van der Waals surface area contributed by atoms with E-state index in [1.54, 1.807) is 0 Å². The highest BCUT2D eigenvalue weighted by Gasteiger charge is 2.22. The molecule has 0 saturated carbocycles. The number of anilines is 1. The molecule has 1 aromatic carbocycles. The molecule has 3 aromatic rings. The van der Waals surface area contributed by atoms with Crippen LogP contribution in [0.25, 0.3) is 21.7 Å². The van der Waals surface area contributed by atoms with E-state index < -0.39 is 0 Å². The predicted octanol–water partition coefficient (Wildman–Crippen LogP) is 2.02. The van der Waals surface area contributed by atoms with Crippen molar-refractivity contribution in [3.05, 3.63) is 24.0 Å². The van der Waals surface area contributed by atoms with Gasteiger partial charge in [0.15, 0.2) is 5.13 Å². The second-order valence-electron chi connectivity index (χ2n) is 4.63. The van der Waals surface area contributed by atoms with Gasteiger partial charge in [-0.25, -0.2) is 4.98 Å². The first kappa shape index (κ1) is 12.7. The molecule has 1 saturated heterocycles. The summed E-state index contributed by atoms with van der Waals surface area (Å²) in [6.07, 6.45) is -0.265. The smallest absolute Gasteiger partial charge is 0.258 e. The molecule has 0 radical (unpaired) electrons. The first-order valence-electron chi connectivity index (χ1n) is 6.49. The topological polar surface area (TPSA) is 96.3 Å². The number of thiazole rings is 1. The Balaban J connectivity index is 1.66. The lowest BCUT2D eigenvalue weighted by Crippen LogP contribution is -2.22. The maximum Gasteiger partial charge on any atom is 0.258 e. The summed E-state index contributed by atoms with van der Waals surface area (Å²) in [7, 11) is 0. The Bertz CT molecular complexity index is 779. The lowest BCUT2D eigenvalue weighted by molar-refractivity contribution is -0.0941. The zero-order valence-corrected chi connectivity index (χ0v) is 11.8. The van der Waals surface area contributed by atoms with Crippen molar-refractivity contribution in [2.24, 2.45) is 0 Å². The number of nitrogen functional groups attached to an aromatic ring is 1. The van der Waals surface area contributed by atoms with Crippen LogP contribution in [-0.4, -0.2) is 34.9 Å². The van der Waals surface area contributed by atoms with Gasteiger partial charge >= 0.3 is 0 Å². The third-order valence-electron chi connectivity index (χ3n) is 3.20. The predicted molar refractivity (Wildman–Crippen MR) is 76.8 cm³/mol. The van der Waals surface area contributed by atoms with Crippen molar-refractivity contribution in [1.82, 2.24) is 15.1 Å². The summed E-state index contributed by atoms with van der Waals surface area (Å²) in [5, 5.41) is 4.52. The van der Waals surface area contributed by atoms with Gasteiger partial charge in [-0.3, -0.25) is 0 Å². The van der Waals surface area contributed by atoms with Crippen molar-refractivity contribution in [1.29, 1.82) is 0 Å². The van der Waals surface area contributed by atoms with Crippen molar-refractivity contribution in [3.63, 3.8) is 0 Å². The van der Waals surface area contributed by atoms with E-state index in [2.05, 4.69) is 15.1 Å². The summed E-state index contributed by atoms with van der Waals surface area (Å²) in [4.78, 5) is 8.61. The summed E-state index contributed by atoms with van der Waals surface area (Å²) in [6, 6.07) is 5.72. The van der Waals surface area contributed by atoms with Crippen molar-refractivity contribution >= 4 is 26.7 Å². The van der Waals surface area contributed by atoms with Crippen LogP contribution in [0.1, 0.15) is 11.9 Å². The molecule has 0 bridgehead atoms. The number of ether oxygens (including phenoxy) is 2. The number of rotatable bonds is 2. The van der Waals surface area contributed by atoms with Gasteiger partial charge in [0, 0.05) is 5.56 Å². The largest absolute Gasteiger partial charge is 0.376 e. The molecule has 1 aliphatic rings. The van der Waals surface area contributed by atoms with Gasteiger partial charge in [0.05, 0.1) is 30.0 Å².